The van der Waals surface area contributed by atoms with Gasteiger partial charge in [-0.25, -0.2) is 5.43 Å². The lowest BCUT2D eigenvalue weighted by molar-refractivity contribution is 0.763. The lowest BCUT2D eigenvalue weighted by Crippen LogP contribution is -2.20. The molecule has 0 spiro atoms. The van der Waals surface area contributed by atoms with Gasteiger partial charge in [0.15, 0.2) is 5.50 Å². The molecule has 1 rings (SSSR count). The van der Waals surface area contributed by atoms with Gasteiger partial charge in [0.25, 0.3) is 0 Å². The summed E-state index contributed by atoms with van der Waals surface area (Å²) in [6.45, 7) is 0. The highest BCUT2D eigenvalue weighted by atomic mass is 35.5. The summed E-state index contributed by atoms with van der Waals surface area (Å²) in [5.74, 6) is 0. The normalized spacial score (nSPS) is 21.5. The van der Waals surface area contributed by atoms with Crippen molar-refractivity contribution in [3.63, 3.8) is 0 Å². The zero-order chi connectivity index (χ0) is 4.41. The number of hydrazine groups is 1. The molecule has 1 aliphatic heterocycles. The molecule has 1 heterocycles. The second-order valence-corrected chi connectivity index (χ2v) is 1.36. The van der Waals surface area contributed by atoms with E-state index in [0.29, 0.717) is 5.50 Å². The molecule has 0 saturated carbocycles. The van der Waals surface area contributed by atoms with E-state index in [4.69, 9.17) is 11.6 Å². The Morgan fingerprint density at radius 2 is 2.50 bits per heavy atom. The molecule has 0 amide bonds. The Morgan fingerprint density at radius 1 is 1.67 bits per heavy atom. The van der Waals surface area contributed by atoms with Crippen LogP contribution < -0.4 is 10.9 Å². The van der Waals surface area contributed by atoms with E-state index in [2.05, 4.69) is 10.9 Å². The predicted molar refractivity (Wildman–Crippen MR) is 24.5 cm³/mol. The van der Waals surface area contributed by atoms with E-state index in [1.54, 1.807) is 12.3 Å². The van der Waals surface area contributed by atoms with Crippen LogP contribution in [0.25, 0.3) is 0 Å². The molecule has 2 N–H and O–H groups in total. The largest absolute Gasteiger partial charge is 0.327 e. The van der Waals surface area contributed by atoms with Crippen LogP contribution >= 0.6 is 11.6 Å². The first-order valence-corrected chi connectivity index (χ1v) is 1.98. The van der Waals surface area contributed by atoms with E-state index >= 15 is 0 Å². The summed E-state index contributed by atoms with van der Waals surface area (Å²) in [4.78, 5) is 0. The lowest BCUT2D eigenvalue weighted by Gasteiger charge is -1.91. The highest BCUT2D eigenvalue weighted by Gasteiger charge is 2.00. The van der Waals surface area contributed by atoms with Crippen molar-refractivity contribution in [3.05, 3.63) is 17.8 Å². The van der Waals surface area contributed by atoms with Crippen molar-refractivity contribution in [2.45, 2.75) is 0 Å². The van der Waals surface area contributed by atoms with Crippen LogP contribution in [0, 0.1) is 5.50 Å². The summed E-state index contributed by atoms with van der Waals surface area (Å²) in [6.07, 6.45) is 3.46. The first-order valence-electron chi connectivity index (χ1n) is 1.60. The molecule has 0 aliphatic carbocycles. The third-order valence-electron chi connectivity index (χ3n) is 0.505. The lowest BCUT2D eigenvalue weighted by atomic mass is 10.6. The van der Waals surface area contributed by atoms with Crippen LogP contribution in [0.3, 0.4) is 0 Å². The molecule has 0 atom stereocenters. The topological polar surface area (TPSA) is 24.1 Å². The molecule has 2 nitrogen and oxygen atoms in total. The van der Waals surface area contributed by atoms with Gasteiger partial charge in [-0.15, -0.1) is 0 Å². The van der Waals surface area contributed by atoms with Gasteiger partial charge in [-0.1, -0.05) is 11.6 Å². The highest BCUT2D eigenvalue weighted by molar-refractivity contribution is 6.28. The third kappa shape index (κ3) is 0.640. The van der Waals surface area contributed by atoms with Crippen LogP contribution in [0.4, 0.5) is 0 Å². The van der Waals surface area contributed by atoms with Crippen LogP contribution in [0.15, 0.2) is 12.3 Å². The van der Waals surface area contributed by atoms with Gasteiger partial charge in [-0.3, -0.25) is 0 Å². The molecule has 1 aliphatic rings. The first kappa shape index (κ1) is 3.96. The summed E-state index contributed by atoms with van der Waals surface area (Å²) in [7, 11) is 0. The van der Waals surface area contributed by atoms with Gasteiger partial charge in [0, 0.05) is 6.20 Å². The summed E-state index contributed by atoms with van der Waals surface area (Å²) in [5.41, 5.74) is 5.95. The molecular weight excluding hydrogens is 99.5 g/mol. The van der Waals surface area contributed by atoms with Crippen molar-refractivity contribution in [1.82, 2.24) is 10.9 Å². The van der Waals surface area contributed by atoms with Crippen LogP contribution in [-0.4, -0.2) is 0 Å². The van der Waals surface area contributed by atoms with Crippen LogP contribution in [0.1, 0.15) is 0 Å². The van der Waals surface area contributed by atoms with E-state index in [9.17, 15) is 0 Å². The minimum atomic E-state index is 0.634. The Morgan fingerprint density at radius 3 is 2.67 bits per heavy atom. The number of halogens is 1. The standard InChI is InChI=1S/C3H4ClN2/c4-3-1-2-5-6-3/h1-2,5-6H. The molecule has 0 aromatic rings. The number of hydrogen-bond acceptors (Lipinski definition) is 2. The molecule has 0 fully saturated rings. The second kappa shape index (κ2) is 1.49. The van der Waals surface area contributed by atoms with E-state index in [-0.39, 0.29) is 0 Å². The average molecular weight is 104 g/mol. The predicted octanol–water partition coefficient (Wildman–Crippen LogP) is 0.336. The molecular formula is C3H4ClN2. The van der Waals surface area contributed by atoms with Gasteiger partial charge < -0.3 is 5.43 Å². The molecule has 1 radical (unpaired) electrons. The van der Waals surface area contributed by atoms with Gasteiger partial charge in [0.05, 0.1) is 0 Å². The van der Waals surface area contributed by atoms with Crippen molar-refractivity contribution in [3.8, 4) is 0 Å². The summed E-state index contributed by atoms with van der Waals surface area (Å²) in [5, 5.41) is 0. The maximum absolute atomic E-state index is 5.37. The van der Waals surface area contributed by atoms with Gasteiger partial charge in [0.2, 0.25) is 0 Å². The maximum atomic E-state index is 5.37. The van der Waals surface area contributed by atoms with Crippen molar-refractivity contribution in [2.75, 3.05) is 0 Å². The minimum absolute atomic E-state index is 0.634. The third-order valence-corrected chi connectivity index (χ3v) is 0.725. The fourth-order valence-electron chi connectivity index (χ4n) is 0.267. The quantitative estimate of drug-likeness (QED) is 0.432. The smallest absolute Gasteiger partial charge is 0.168 e. The van der Waals surface area contributed by atoms with E-state index in [0.717, 1.165) is 0 Å². The van der Waals surface area contributed by atoms with Crippen LogP contribution in [-0.2, 0) is 0 Å². The Bertz CT molecular complexity index is 71.2. The summed E-state index contributed by atoms with van der Waals surface area (Å²) in [6, 6.07) is 0. The van der Waals surface area contributed by atoms with Gasteiger partial charge in [-0.05, 0) is 6.08 Å². The van der Waals surface area contributed by atoms with Gasteiger partial charge in [-0.2, -0.15) is 0 Å². The molecule has 0 bridgehead atoms. The molecule has 0 unspecified atom stereocenters. The maximum Gasteiger partial charge on any atom is 0.168 e. The van der Waals surface area contributed by atoms with Crippen LogP contribution in [0.5, 0.6) is 0 Å². The molecule has 6 heavy (non-hydrogen) atoms. The highest BCUT2D eigenvalue weighted by Crippen LogP contribution is 2.03. The monoisotopic (exact) mass is 103 g/mol. The number of rotatable bonds is 0. The molecule has 0 aromatic heterocycles. The van der Waals surface area contributed by atoms with Crippen molar-refractivity contribution < 1.29 is 0 Å². The zero-order valence-electron chi connectivity index (χ0n) is 3.03. The number of nitrogens with one attached hydrogen (secondary N) is 2. The minimum Gasteiger partial charge on any atom is -0.327 e. The van der Waals surface area contributed by atoms with Gasteiger partial charge in [0.1, 0.15) is 0 Å². The Labute approximate surface area is 41.1 Å². The van der Waals surface area contributed by atoms with Gasteiger partial charge >= 0.3 is 0 Å². The molecule has 0 aromatic carbocycles. The van der Waals surface area contributed by atoms with Crippen molar-refractivity contribution in [2.24, 2.45) is 0 Å². The SMILES string of the molecule is Cl[C]1C=CNN1. The Kier molecular flexibility index (Phi) is 0.986. The van der Waals surface area contributed by atoms with E-state index < -0.39 is 0 Å². The van der Waals surface area contributed by atoms with E-state index in [1.807, 2.05) is 0 Å². The molecule has 0 saturated heterocycles. The fourth-order valence-corrected chi connectivity index (χ4v) is 0.385. The first-order chi connectivity index (χ1) is 2.89. The van der Waals surface area contributed by atoms with E-state index in [1.165, 1.54) is 0 Å². The Hall–Kier alpha value is -0.210. The zero-order valence-corrected chi connectivity index (χ0v) is 3.79. The summed E-state index contributed by atoms with van der Waals surface area (Å²) < 4.78 is 0. The molecule has 33 valence electrons. The summed E-state index contributed by atoms with van der Waals surface area (Å²) >= 11 is 5.37. The molecule has 3 heteroatoms. The Balaban J connectivity index is 2.38. The van der Waals surface area contributed by atoms with Crippen molar-refractivity contribution in [1.29, 1.82) is 0 Å². The average Bonchev–Trinajstić information content (AvgIpc) is 1.86. The van der Waals surface area contributed by atoms with Crippen LogP contribution in [0.2, 0.25) is 0 Å². The second-order valence-electron chi connectivity index (χ2n) is 0.951. The number of hydrogen-bond donors (Lipinski definition) is 2. The van der Waals surface area contributed by atoms with Crippen molar-refractivity contribution >= 4 is 11.6 Å². The fraction of sp³-hybridized carbons (Fsp3) is 0.